The first kappa shape index (κ1) is 14.1. The van der Waals surface area contributed by atoms with Crippen LogP contribution in [0.15, 0.2) is 40.4 Å². The van der Waals surface area contributed by atoms with Gasteiger partial charge < -0.3 is 9.88 Å². The van der Waals surface area contributed by atoms with Gasteiger partial charge in [0.15, 0.2) is 9.84 Å². The first-order valence-corrected chi connectivity index (χ1v) is 8.95. The van der Waals surface area contributed by atoms with Crippen LogP contribution in [0.4, 0.5) is 0 Å². The Morgan fingerprint density at radius 3 is 2.76 bits per heavy atom. The van der Waals surface area contributed by atoms with E-state index in [1.165, 1.54) is 6.26 Å². The summed E-state index contributed by atoms with van der Waals surface area (Å²) >= 11 is 0. The van der Waals surface area contributed by atoms with Crippen LogP contribution in [-0.2, 0) is 9.84 Å². The minimum absolute atomic E-state index is 0.00861. The zero-order valence-electron chi connectivity index (χ0n) is 12.2. The number of fused-ring (bicyclic) bond motifs is 1. The molecule has 2 aromatic rings. The summed E-state index contributed by atoms with van der Waals surface area (Å²) < 4.78 is 26.0. The zero-order chi connectivity index (χ0) is 15.0. The average Bonchev–Trinajstić information content (AvgIpc) is 2.87. The molecule has 112 valence electrons. The van der Waals surface area contributed by atoms with Gasteiger partial charge in [-0.1, -0.05) is 18.2 Å². The van der Waals surface area contributed by atoms with Gasteiger partial charge in [-0.15, -0.1) is 0 Å². The van der Waals surface area contributed by atoms with Crippen LogP contribution >= 0.6 is 0 Å². The molecule has 6 heteroatoms. The van der Waals surface area contributed by atoms with Gasteiger partial charge in [0.1, 0.15) is 5.84 Å². The lowest BCUT2D eigenvalue weighted by molar-refractivity contribution is 0.600. The molecular weight excluding hydrogens is 286 g/mol. The fraction of sp³-hybridized carbons (Fsp3) is 0.400. The van der Waals surface area contributed by atoms with Crippen LogP contribution < -0.4 is 5.32 Å². The number of hydrogen-bond donors (Lipinski definition) is 1. The molecule has 0 saturated heterocycles. The first-order valence-electron chi connectivity index (χ1n) is 7.06. The van der Waals surface area contributed by atoms with Crippen molar-refractivity contribution in [3.05, 3.63) is 30.5 Å². The second-order valence-electron chi connectivity index (χ2n) is 5.41. The van der Waals surface area contributed by atoms with Gasteiger partial charge in [0, 0.05) is 30.9 Å². The highest BCUT2D eigenvalue weighted by molar-refractivity contribution is 7.91. The molecule has 1 aliphatic rings. The Hall–Kier alpha value is -1.82. The lowest BCUT2D eigenvalue weighted by Crippen LogP contribution is -2.35. The van der Waals surface area contributed by atoms with Gasteiger partial charge in [-0.3, -0.25) is 4.99 Å². The number of para-hydroxylation sites is 1. The van der Waals surface area contributed by atoms with Gasteiger partial charge in [0.2, 0.25) is 0 Å². The van der Waals surface area contributed by atoms with Crippen LogP contribution in [0.1, 0.15) is 19.4 Å². The summed E-state index contributed by atoms with van der Waals surface area (Å²) in [6, 6.07) is 7.58. The molecule has 3 rings (SSSR count). The van der Waals surface area contributed by atoms with Crippen molar-refractivity contribution in [1.29, 1.82) is 0 Å². The smallest absolute Gasteiger partial charge is 0.177 e. The molecule has 1 N–H and O–H groups in total. The van der Waals surface area contributed by atoms with E-state index in [0.717, 1.165) is 36.2 Å². The van der Waals surface area contributed by atoms with Gasteiger partial charge in [0.05, 0.1) is 16.5 Å². The van der Waals surface area contributed by atoms with E-state index in [9.17, 15) is 8.42 Å². The molecule has 1 aromatic heterocycles. The van der Waals surface area contributed by atoms with E-state index in [2.05, 4.69) is 10.3 Å². The van der Waals surface area contributed by atoms with E-state index in [1.54, 1.807) is 6.20 Å². The fourth-order valence-corrected chi connectivity index (χ4v) is 3.63. The first-order chi connectivity index (χ1) is 9.98. The summed E-state index contributed by atoms with van der Waals surface area (Å²) in [6.45, 7) is 3.78. The third-order valence-corrected chi connectivity index (χ3v) is 4.96. The average molecular weight is 305 g/mol. The zero-order valence-corrected chi connectivity index (χ0v) is 13.0. The van der Waals surface area contributed by atoms with Crippen molar-refractivity contribution < 1.29 is 8.42 Å². The molecule has 0 aliphatic carbocycles. The lowest BCUT2D eigenvalue weighted by Gasteiger charge is -2.22. The normalized spacial score (nSPS) is 17.3. The van der Waals surface area contributed by atoms with Crippen LogP contribution in [0.25, 0.3) is 10.9 Å². The van der Waals surface area contributed by atoms with Crippen molar-refractivity contribution in [3.8, 4) is 0 Å². The highest BCUT2D eigenvalue weighted by Crippen LogP contribution is 2.28. The number of nitrogens with one attached hydrogen (secondary N) is 1. The minimum Gasteiger partial charge on any atom is -0.372 e. The standard InChI is InChI=1S/C15H19N3O2S/c1-11(15-16-8-5-9-17-15)18-10-14(21(2,19)20)12-6-3-4-7-13(12)18/h3-4,6-7,10-11H,5,8-9H2,1-2H3,(H,16,17). The van der Waals surface area contributed by atoms with E-state index < -0.39 is 9.84 Å². The van der Waals surface area contributed by atoms with Crippen molar-refractivity contribution in [2.75, 3.05) is 19.3 Å². The molecule has 0 bridgehead atoms. The summed E-state index contributed by atoms with van der Waals surface area (Å²) in [6.07, 6.45) is 4.01. The molecule has 0 amide bonds. The largest absolute Gasteiger partial charge is 0.372 e. The molecule has 21 heavy (non-hydrogen) atoms. The molecular formula is C15H19N3O2S. The van der Waals surface area contributed by atoms with E-state index in [1.807, 2.05) is 35.8 Å². The number of nitrogens with zero attached hydrogens (tertiary/aromatic N) is 2. The highest BCUT2D eigenvalue weighted by atomic mass is 32.2. The van der Waals surface area contributed by atoms with Crippen molar-refractivity contribution in [2.24, 2.45) is 4.99 Å². The molecule has 1 atom stereocenters. The number of amidine groups is 1. The molecule has 5 nitrogen and oxygen atoms in total. The highest BCUT2D eigenvalue weighted by Gasteiger charge is 2.21. The van der Waals surface area contributed by atoms with E-state index in [0.29, 0.717) is 4.90 Å². The van der Waals surface area contributed by atoms with Crippen LogP contribution in [0, 0.1) is 0 Å². The number of aromatic nitrogens is 1. The summed E-state index contributed by atoms with van der Waals surface area (Å²) in [5, 5.41) is 4.08. The monoisotopic (exact) mass is 305 g/mol. The van der Waals surface area contributed by atoms with E-state index in [4.69, 9.17) is 0 Å². The van der Waals surface area contributed by atoms with Gasteiger partial charge in [0.25, 0.3) is 0 Å². The van der Waals surface area contributed by atoms with Crippen molar-refractivity contribution in [3.63, 3.8) is 0 Å². The minimum atomic E-state index is -3.25. The summed E-state index contributed by atoms with van der Waals surface area (Å²) in [5.41, 5.74) is 0.917. The fourth-order valence-electron chi connectivity index (χ4n) is 2.75. The van der Waals surface area contributed by atoms with Crippen LogP contribution in [0.3, 0.4) is 0 Å². The second kappa shape index (κ2) is 5.18. The molecule has 1 unspecified atom stereocenters. The lowest BCUT2D eigenvalue weighted by atomic mass is 10.2. The summed E-state index contributed by atoms with van der Waals surface area (Å²) in [5.74, 6) is 0.919. The van der Waals surface area contributed by atoms with E-state index >= 15 is 0 Å². The number of rotatable bonds is 3. The third-order valence-electron chi connectivity index (χ3n) is 3.84. The number of hydrogen-bond acceptors (Lipinski definition) is 4. The molecule has 1 aromatic carbocycles. The Kier molecular flexibility index (Phi) is 3.49. The van der Waals surface area contributed by atoms with Gasteiger partial charge in [-0.2, -0.15) is 0 Å². The topological polar surface area (TPSA) is 63.5 Å². The van der Waals surface area contributed by atoms with Crippen molar-refractivity contribution >= 4 is 26.6 Å². The Bertz CT molecular complexity index is 805. The van der Waals surface area contributed by atoms with Crippen LogP contribution in [-0.4, -0.2) is 38.2 Å². The van der Waals surface area contributed by atoms with Crippen molar-refractivity contribution in [2.45, 2.75) is 24.3 Å². The Labute approximate surface area is 124 Å². The third kappa shape index (κ3) is 2.55. The number of aliphatic imine (C=N–C) groups is 1. The molecule has 0 fully saturated rings. The van der Waals surface area contributed by atoms with Crippen LogP contribution in [0.5, 0.6) is 0 Å². The predicted octanol–water partition coefficient (Wildman–Crippen LogP) is 2.00. The molecule has 0 spiro atoms. The van der Waals surface area contributed by atoms with Gasteiger partial charge >= 0.3 is 0 Å². The maximum atomic E-state index is 12.0. The second-order valence-corrected chi connectivity index (χ2v) is 7.40. The van der Waals surface area contributed by atoms with Gasteiger partial charge in [-0.25, -0.2) is 8.42 Å². The molecule has 0 saturated carbocycles. The summed E-state index contributed by atoms with van der Waals surface area (Å²) in [7, 11) is -3.25. The van der Waals surface area contributed by atoms with Gasteiger partial charge in [-0.05, 0) is 19.4 Å². The number of sulfone groups is 1. The number of benzene rings is 1. The SMILES string of the molecule is CC(C1=NCCCN1)n1cc(S(C)(=O)=O)c2ccccc21. The Balaban J connectivity index is 2.17. The van der Waals surface area contributed by atoms with Crippen LogP contribution in [0.2, 0.25) is 0 Å². The van der Waals surface area contributed by atoms with Crippen molar-refractivity contribution in [1.82, 2.24) is 9.88 Å². The Morgan fingerprint density at radius 1 is 1.33 bits per heavy atom. The Morgan fingerprint density at radius 2 is 2.10 bits per heavy atom. The molecule has 1 aliphatic heterocycles. The predicted molar refractivity (Wildman–Crippen MR) is 84.7 cm³/mol. The molecule has 0 radical (unpaired) electrons. The maximum absolute atomic E-state index is 12.0. The molecule has 2 heterocycles. The quantitative estimate of drug-likeness (QED) is 0.943. The van der Waals surface area contributed by atoms with E-state index in [-0.39, 0.29) is 6.04 Å². The maximum Gasteiger partial charge on any atom is 0.177 e. The summed E-state index contributed by atoms with van der Waals surface area (Å²) in [4.78, 5) is 4.90.